The van der Waals surface area contributed by atoms with Crippen LogP contribution in [-0.2, 0) is 4.79 Å². The number of hydrogen-bond acceptors (Lipinski definition) is 2. The van der Waals surface area contributed by atoms with Gasteiger partial charge in [0.25, 0.3) is 0 Å². The number of rotatable bonds is 5. The first-order chi connectivity index (χ1) is 9.30. The molecule has 0 radical (unpaired) electrons. The van der Waals surface area contributed by atoms with Crippen LogP contribution in [0.5, 0.6) is 0 Å². The third-order valence-electron chi connectivity index (χ3n) is 3.95. The maximum atomic E-state index is 11.8. The first kappa shape index (κ1) is 16.8. The molecule has 1 atom stereocenters. The summed E-state index contributed by atoms with van der Waals surface area (Å²) in [7, 11) is 0. The second kappa shape index (κ2) is 7.50. The van der Waals surface area contributed by atoms with E-state index in [0.29, 0.717) is 12.5 Å². The van der Waals surface area contributed by atoms with Gasteiger partial charge in [-0.25, -0.2) is 9.59 Å². The number of carboxylic acids is 1. The molecule has 1 saturated carbocycles. The van der Waals surface area contributed by atoms with E-state index in [9.17, 15) is 9.59 Å². The summed E-state index contributed by atoms with van der Waals surface area (Å²) < 4.78 is 0. The van der Waals surface area contributed by atoms with Crippen molar-refractivity contribution in [1.29, 1.82) is 0 Å². The van der Waals surface area contributed by atoms with Gasteiger partial charge in [-0.1, -0.05) is 52.9 Å². The van der Waals surface area contributed by atoms with Crippen molar-refractivity contribution in [3.8, 4) is 0 Å². The van der Waals surface area contributed by atoms with Crippen LogP contribution in [0.15, 0.2) is 0 Å². The molecule has 0 aromatic carbocycles. The number of urea groups is 1. The van der Waals surface area contributed by atoms with Gasteiger partial charge >= 0.3 is 12.0 Å². The molecule has 3 N–H and O–H groups in total. The Morgan fingerprint density at radius 3 is 2.30 bits per heavy atom. The second-order valence-corrected chi connectivity index (χ2v) is 6.83. The van der Waals surface area contributed by atoms with E-state index >= 15 is 0 Å². The van der Waals surface area contributed by atoms with Gasteiger partial charge in [0.05, 0.1) is 0 Å². The minimum Gasteiger partial charge on any atom is -0.480 e. The summed E-state index contributed by atoms with van der Waals surface area (Å²) in [5.41, 5.74) is -0.507. The fraction of sp³-hybridized carbons (Fsp3) is 0.867. The smallest absolute Gasteiger partial charge is 0.326 e. The van der Waals surface area contributed by atoms with Crippen LogP contribution < -0.4 is 10.6 Å². The molecule has 116 valence electrons. The van der Waals surface area contributed by atoms with E-state index in [2.05, 4.69) is 10.6 Å². The highest BCUT2D eigenvalue weighted by molar-refractivity contribution is 5.83. The average molecular weight is 284 g/mol. The van der Waals surface area contributed by atoms with E-state index in [1.807, 2.05) is 0 Å². The highest BCUT2D eigenvalue weighted by Gasteiger charge is 2.32. The van der Waals surface area contributed by atoms with Gasteiger partial charge in [0, 0.05) is 6.54 Å². The molecule has 0 aliphatic heterocycles. The Morgan fingerprint density at radius 1 is 1.20 bits per heavy atom. The maximum absolute atomic E-state index is 11.8. The lowest BCUT2D eigenvalue weighted by Gasteiger charge is -2.28. The molecule has 1 fully saturated rings. The number of carbonyl (C=O) groups excluding carboxylic acids is 1. The van der Waals surface area contributed by atoms with Crippen molar-refractivity contribution in [1.82, 2.24) is 10.6 Å². The predicted molar refractivity (Wildman–Crippen MR) is 78.6 cm³/mol. The molecule has 5 nitrogen and oxygen atoms in total. The zero-order valence-electron chi connectivity index (χ0n) is 12.9. The van der Waals surface area contributed by atoms with Crippen LogP contribution in [0.3, 0.4) is 0 Å². The third-order valence-corrected chi connectivity index (χ3v) is 3.95. The van der Waals surface area contributed by atoms with Crippen molar-refractivity contribution in [3.63, 3.8) is 0 Å². The molecule has 20 heavy (non-hydrogen) atoms. The third kappa shape index (κ3) is 5.80. The summed E-state index contributed by atoms with van der Waals surface area (Å²) in [6.07, 6.45) is 7.41. The molecule has 0 bridgehead atoms. The van der Waals surface area contributed by atoms with Crippen molar-refractivity contribution in [2.24, 2.45) is 11.3 Å². The Balaban J connectivity index is 2.29. The lowest BCUT2D eigenvalue weighted by Crippen LogP contribution is -2.52. The number of carboxylic acid groups (broad SMARTS) is 1. The maximum Gasteiger partial charge on any atom is 0.326 e. The summed E-state index contributed by atoms with van der Waals surface area (Å²) in [4.78, 5) is 22.9. The molecule has 0 unspecified atom stereocenters. The highest BCUT2D eigenvalue weighted by Crippen LogP contribution is 2.25. The lowest BCUT2D eigenvalue weighted by atomic mass is 9.87. The fourth-order valence-electron chi connectivity index (χ4n) is 2.70. The first-order valence-electron chi connectivity index (χ1n) is 7.58. The summed E-state index contributed by atoms with van der Waals surface area (Å²) in [5.74, 6) is -0.290. The SMILES string of the molecule is CC(C)(C)[C@H](NC(=O)NCCC1CCCCC1)C(=O)O. The normalized spacial score (nSPS) is 18.4. The van der Waals surface area contributed by atoms with Gasteiger partial charge in [-0.05, 0) is 17.8 Å². The van der Waals surface area contributed by atoms with Gasteiger partial charge < -0.3 is 15.7 Å². The van der Waals surface area contributed by atoms with Crippen LogP contribution in [-0.4, -0.2) is 29.7 Å². The van der Waals surface area contributed by atoms with Gasteiger partial charge in [-0.2, -0.15) is 0 Å². The van der Waals surface area contributed by atoms with E-state index in [1.165, 1.54) is 32.1 Å². The standard InChI is InChI=1S/C15H28N2O3/c1-15(2,3)12(13(18)19)17-14(20)16-10-9-11-7-5-4-6-8-11/h11-12H,4-10H2,1-3H3,(H,18,19)(H2,16,17,20)/t12-/m1/s1. The van der Waals surface area contributed by atoms with Crippen LogP contribution >= 0.6 is 0 Å². The molecular weight excluding hydrogens is 256 g/mol. The molecule has 1 rings (SSSR count). The number of carbonyl (C=O) groups is 2. The number of amides is 2. The van der Waals surface area contributed by atoms with Crippen LogP contribution in [0.25, 0.3) is 0 Å². The van der Waals surface area contributed by atoms with Gasteiger partial charge in [-0.3, -0.25) is 0 Å². The summed E-state index contributed by atoms with van der Waals surface area (Å²) in [5, 5.41) is 14.5. The Hall–Kier alpha value is -1.26. The molecule has 0 aromatic rings. The molecule has 2 amide bonds. The molecule has 0 saturated heterocycles. The molecule has 1 aliphatic rings. The van der Waals surface area contributed by atoms with Crippen molar-refractivity contribution >= 4 is 12.0 Å². The number of aliphatic carboxylic acids is 1. The van der Waals surface area contributed by atoms with E-state index in [4.69, 9.17) is 5.11 Å². The predicted octanol–water partition coefficient (Wildman–Crippen LogP) is 2.76. The van der Waals surface area contributed by atoms with Gasteiger partial charge in [0.15, 0.2) is 0 Å². The van der Waals surface area contributed by atoms with Crippen LogP contribution in [0, 0.1) is 11.3 Å². The topological polar surface area (TPSA) is 78.4 Å². The van der Waals surface area contributed by atoms with Gasteiger partial charge in [-0.15, -0.1) is 0 Å². The minimum atomic E-state index is -1.00. The zero-order chi connectivity index (χ0) is 15.2. The lowest BCUT2D eigenvalue weighted by molar-refractivity contribution is -0.141. The van der Waals surface area contributed by atoms with Gasteiger partial charge in [0.1, 0.15) is 6.04 Å². The number of nitrogens with one attached hydrogen (secondary N) is 2. The first-order valence-corrected chi connectivity index (χ1v) is 7.58. The monoisotopic (exact) mass is 284 g/mol. The molecule has 0 spiro atoms. The second-order valence-electron chi connectivity index (χ2n) is 6.83. The van der Waals surface area contributed by atoms with Crippen LogP contribution in [0.1, 0.15) is 59.3 Å². The molecular formula is C15H28N2O3. The van der Waals surface area contributed by atoms with Crippen molar-refractivity contribution in [2.75, 3.05) is 6.54 Å². The van der Waals surface area contributed by atoms with E-state index in [0.717, 1.165) is 6.42 Å². The van der Waals surface area contributed by atoms with Gasteiger partial charge in [0.2, 0.25) is 0 Å². The minimum absolute atomic E-state index is 0.386. The average Bonchev–Trinajstić information content (AvgIpc) is 2.35. The fourth-order valence-corrected chi connectivity index (χ4v) is 2.70. The Morgan fingerprint density at radius 2 is 1.80 bits per heavy atom. The Bertz CT molecular complexity index is 331. The van der Waals surface area contributed by atoms with Crippen LogP contribution in [0.4, 0.5) is 4.79 Å². The summed E-state index contributed by atoms with van der Waals surface area (Å²) >= 11 is 0. The Kier molecular flexibility index (Phi) is 6.30. The van der Waals surface area contributed by atoms with Crippen molar-refractivity contribution in [2.45, 2.75) is 65.3 Å². The molecule has 1 aliphatic carbocycles. The van der Waals surface area contributed by atoms with E-state index in [-0.39, 0.29) is 6.03 Å². The van der Waals surface area contributed by atoms with Crippen LogP contribution in [0.2, 0.25) is 0 Å². The highest BCUT2D eigenvalue weighted by atomic mass is 16.4. The Labute approximate surface area is 121 Å². The zero-order valence-corrected chi connectivity index (χ0v) is 12.9. The largest absolute Gasteiger partial charge is 0.480 e. The summed E-state index contributed by atoms with van der Waals surface area (Å²) in [6, 6.07) is -1.26. The van der Waals surface area contributed by atoms with Crippen molar-refractivity contribution in [3.05, 3.63) is 0 Å². The molecule has 5 heteroatoms. The molecule has 0 heterocycles. The van der Waals surface area contributed by atoms with E-state index in [1.54, 1.807) is 20.8 Å². The molecule has 0 aromatic heterocycles. The van der Waals surface area contributed by atoms with Crippen molar-refractivity contribution < 1.29 is 14.7 Å². The quantitative estimate of drug-likeness (QED) is 0.726. The van der Waals surface area contributed by atoms with E-state index < -0.39 is 17.4 Å². The number of hydrogen-bond donors (Lipinski definition) is 3. The summed E-state index contributed by atoms with van der Waals surface area (Å²) in [6.45, 7) is 6.02.